The summed E-state index contributed by atoms with van der Waals surface area (Å²) >= 11 is 0. The number of hydrogen-bond acceptors (Lipinski definition) is 5. The SMILES string of the molecule is CCN1CCN(c2cc(C)nc(Nc3cccc(C(F)(F)F)c3)n2)CC1. The summed E-state index contributed by atoms with van der Waals surface area (Å²) < 4.78 is 38.6. The van der Waals surface area contributed by atoms with Crippen molar-refractivity contribution in [2.45, 2.75) is 20.0 Å². The Bertz CT molecular complexity index is 755. The fraction of sp³-hybridized carbons (Fsp3) is 0.444. The normalized spacial score (nSPS) is 16.0. The first-order valence-electron chi connectivity index (χ1n) is 8.62. The Balaban J connectivity index is 1.78. The zero-order valence-electron chi connectivity index (χ0n) is 14.8. The number of likely N-dealkylation sites (N-methyl/N-ethyl adjacent to an activating group) is 1. The lowest BCUT2D eigenvalue weighted by atomic mass is 10.2. The van der Waals surface area contributed by atoms with Crippen molar-refractivity contribution in [2.24, 2.45) is 0 Å². The number of benzene rings is 1. The van der Waals surface area contributed by atoms with E-state index in [1.54, 1.807) is 6.07 Å². The van der Waals surface area contributed by atoms with Crippen LogP contribution in [0, 0.1) is 6.92 Å². The monoisotopic (exact) mass is 365 g/mol. The number of piperazine rings is 1. The summed E-state index contributed by atoms with van der Waals surface area (Å²) in [6, 6.07) is 6.94. The number of aryl methyl sites for hydroxylation is 1. The maximum atomic E-state index is 12.9. The van der Waals surface area contributed by atoms with Crippen LogP contribution in [-0.2, 0) is 6.18 Å². The van der Waals surface area contributed by atoms with Crippen molar-refractivity contribution in [3.63, 3.8) is 0 Å². The number of anilines is 3. The summed E-state index contributed by atoms with van der Waals surface area (Å²) in [6.07, 6.45) is -4.38. The predicted molar refractivity (Wildman–Crippen MR) is 95.8 cm³/mol. The zero-order valence-corrected chi connectivity index (χ0v) is 14.8. The average Bonchev–Trinajstić information content (AvgIpc) is 2.61. The minimum absolute atomic E-state index is 0.303. The molecule has 3 rings (SSSR count). The number of nitrogens with zero attached hydrogens (tertiary/aromatic N) is 4. The lowest BCUT2D eigenvalue weighted by molar-refractivity contribution is -0.137. The summed E-state index contributed by atoms with van der Waals surface area (Å²) in [4.78, 5) is 13.4. The Labute approximate surface area is 150 Å². The van der Waals surface area contributed by atoms with Gasteiger partial charge in [-0.05, 0) is 31.7 Å². The van der Waals surface area contributed by atoms with Crippen molar-refractivity contribution >= 4 is 17.5 Å². The molecule has 140 valence electrons. The molecule has 1 aliphatic rings. The number of hydrogen-bond donors (Lipinski definition) is 1. The molecule has 1 N–H and O–H groups in total. The second kappa shape index (κ2) is 7.49. The van der Waals surface area contributed by atoms with E-state index in [2.05, 4.69) is 32.0 Å². The van der Waals surface area contributed by atoms with E-state index in [0.29, 0.717) is 11.6 Å². The third-order valence-corrected chi connectivity index (χ3v) is 4.43. The van der Waals surface area contributed by atoms with Crippen LogP contribution in [0.4, 0.5) is 30.6 Å². The highest BCUT2D eigenvalue weighted by atomic mass is 19.4. The van der Waals surface area contributed by atoms with E-state index < -0.39 is 11.7 Å². The van der Waals surface area contributed by atoms with Gasteiger partial charge in [0.2, 0.25) is 5.95 Å². The number of rotatable bonds is 4. The standard InChI is InChI=1S/C18H22F3N5/c1-3-25-7-9-26(10-8-25)16-11-13(2)22-17(24-16)23-15-6-4-5-14(12-15)18(19,20)21/h4-6,11-12H,3,7-10H2,1-2H3,(H,22,23,24). The van der Waals surface area contributed by atoms with Gasteiger partial charge in [-0.2, -0.15) is 18.2 Å². The Morgan fingerprint density at radius 2 is 1.81 bits per heavy atom. The van der Waals surface area contributed by atoms with Crippen molar-refractivity contribution in [3.8, 4) is 0 Å². The van der Waals surface area contributed by atoms with Crippen molar-refractivity contribution < 1.29 is 13.2 Å². The molecule has 0 atom stereocenters. The maximum absolute atomic E-state index is 12.9. The van der Waals surface area contributed by atoms with Crippen LogP contribution in [0.25, 0.3) is 0 Å². The van der Waals surface area contributed by atoms with E-state index in [1.165, 1.54) is 6.07 Å². The zero-order chi connectivity index (χ0) is 18.7. The molecule has 0 saturated carbocycles. The Morgan fingerprint density at radius 1 is 1.08 bits per heavy atom. The molecule has 1 aromatic heterocycles. The molecular formula is C18H22F3N5. The van der Waals surface area contributed by atoms with Crippen LogP contribution in [0.5, 0.6) is 0 Å². The maximum Gasteiger partial charge on any atom is 0.416 e. The second-order valence-electron chi connectivity index (χ2n) is 6.32. The van der Waals surface area contributed by atoms with E-state index in [9.17, 15) is 13.2 Å². The van der Waals surface area contributed by atoms with Gasteiger partial charge < -0.3 is 15.1 Å². The first-order valence-corrected chi connectivity index (χ1v) is 8.62. The van der Waals surface area contributed by atoms with Crippen LogP contribution in [0.3, 0.4) is 0 Å². The van der Waals surface area contributed by atoms with Crippen LogP contribution < -0.4 is 10.2 Å². The molecule has 0 amide bonds. The molecule has 0 aliphatic carbocycles. The van der Waals surface area contributed by atoms with Crippen molar-refractivity contribution in [2.75, 3.05) is 42.9 Å². The van der Waals surface area contributed by atoms with E-state index >= 15 is 0 Å². The molecule has 1 saturated heterocycles. The lowest BCUT2D eigenvalue weighted by Crippen LogP contribution is -2.46. The molecule has 26 heavy (non-hydrogen) atoms. The van der Waals surface area contributed by atoms with E-state index in [1.807, 2.05) is 13.0 Å². The minimum atomic E-state index is -4.38. The summed E-state index contributed by atoms with van der Waals surface area (Å²) in [7, 11) is 0. The molecule has 0 bridgehead atoms. The number of alkyl halides is 3. The van der Waals surface area contributed by atoms with Gasteiger partial charge in [0.05, 0.1) is 5.56 Å². The molecule has 0 unspecified atom stereocenters. The fourth-order valence-electron chi connectivity index (χ4n) is 2.97. The highest BCUT2D eigenvalue weighted by Gasteiger charge is 2.30. The molecule has 1 fully saturated rings. The van der Waals surface area contributed by atoms with E-state index in [0.717, 1.165) is 56.4 Å². The molecular weight excluding hydrogens is 343 g/mol. The predicted octanol–water partition coefficient (Wildman–Crippen LogP) is 3.69. The summed E-state index contributed by atoms with van der Waals surface area (Å²) in [5.41, 5.74) is 0.376. The Morgan fingerprint density at radius 3 is 2.46 bits per heavy atom. The van der Waals surface area contributed by atoms with Crippen LogP contribution in [0.1, 0.15) is 18.2 Å². The van der Waals surface area contributed by atoms with Gasteiger partial charge in [0, 0.05) is 43.6 Å². The van der Waals surface area contributed by atoms with Gasteiger partial charge in [-0.15, -0.1) is 0 Å². The Kier molecular flexibility index (Phi) is 5.31. The highest BCUT2D eigenvalue weighted by Crippen LogP contribution is 2.31. The quantitative estimate of drug-likeness (QED) is 0.895. The lowest BCUT2D eigenvalue weighted by Gasteiger charge is -2.34. The largest absolute Gasteiger partial charge is 0.416 e. The van der Waals surface area contributed by atoms with Crippen LogP contribution >= 0.6 is 0 Å². The van der Waals surface area contributed by atoms with Crippen molar-refractivity contribution in [1.29, 1.82) is 0 Å². The smallest absolute Gasteiger partial charge is 0.354 e. The Hall–Kier alpha value is -2.35. The van der Waals surface area contributed by atoms with Gasteiger partial charge in [-0.25, -0.2) is 4.98 Å². The summed E-state index contributed by atoms with van der Waals surface area (Å²) in [5.74, 6) is 1.10. The molecule has 1 aromatic carbocycles. The van der Waals surface area contributed by atoms with E-state index in [4.69, 9.17) is 0 Å². The summed E-state index contributed by atoms with van der Waals surface area (Å²) in [6.45, 7) is 8.69. The van der Waals surface area contributed by atoms with Gasteiger partial charge in [-0.3, -0.25) is 0 Å². The first-order chi connectivity index (χ1) is 12.3. The van der Waals surface area contributed by atoms with Crippen molar-refractivity contribution in [3.05, 3.63) is 41.6 Å². The van der Waals surface area contributed by atoms with Crippen LogP contribution in [-0.4, -0.2) is 47.6 Å². The molecule has 0 radical (unpaired) electrons. The number of aromatic nitrogens is 2. The fourth-order valence-corrected chi connectivity index (χ4v) is 2.97. The first kappa shape index (κ1) is 18.4. The van der Waals surface area contributed by atoms with Crippen molar-refractivity contribution in [1.82, 2.24) is 14.9 Å². The molecule has 1 aliphatic heterocycles. The average molecular weight is 365 g/mol. The van der Waals surface area contributed by atoms with Gasteiger partial charge in [0.1, 0.15) is 5.82 Å². The number of halogens is 3. The van der Waals surface area contributed by atoms with Crippen LogP contribution in [0.2, 0.25) is 0 Å². The van der Waals surface area contributed by atoms with Crippen LogP contribution in [0.15, 0.2) is 30.3 Å². The molecule has 2 aromatic rings. The molecule has 2 heterocycles. The third kappa shape index (κ3) is 4.43. The topological polar surface area (TPSA) is 44.3 Å². The summed E-state index contributed by atoms with van der Waals surface area (Å²) in [5, 5.41) is 2.90. The molecule has 0 spiro atoms. The van der Waals surface area contributed by atoms with Gasteiger partial charge in [0.25, 0.3) is 0 Å². The third-order valence-electron chi connectivity index (χ3n) is 4.43. The molecule has 8 heteroatoms. The highest BCUT2D eigenvalue weighted by molar-refractivity contribution is 5.57. The van der Waals surface area contributed by atoms with Gasteiger partial charge in [0.15, 0.2) is 0 Å². The second-order valence-corrected chi connectivity index (χ2v) is 6.32. The van der Waals surface area contributed by atoms with Gasteiger partial charge >= 0.3 is 6.18 Å². The minimum Gasteiger partial charge on any atom is -0.354 e. The van der Waals surface area contributed by atoms with E-state index in [-0.39, 0.29) is 0 Å². The number of nitrogens with one attached hydrogen (secondary N) is 1. The molecule has 5 nitrogen and oxygen atoms in total. The van der Waals surface area contributed by atoms with Gasteiger partial charge in [-0.1, -0.05) is 13.0 Å².